The third-order valence-corrected chi connectivity index (χ3v) is 1.96. The second-order valence-corrected chi connectivity index (χ2v) is 3.18. The molecule has 2 nitrogen and oxygen atoms in total. The molecule has 0 amide bonds. The first-order valence-corrected chi connectivity index (χ1v) is 4.58. The number of pyridine rings is 1. The van der Waals surface area contributed by atoms with Crippen molar-refractivity contribution in [3.63, 3.8) is 0 Å². The van der Waals surface area contributed by atoms with Crippen molar-refractivity contribution >= 4 is 15.9 Å². The maximum Gasteiger partial charge on any atom is 0.253 e. The largest absolute Gasteiger partial charge is 0.318 e. The maximum atomic E-state index is 11.3. The van der Waals surface area contributed by atoms with Crippen LogP contribution in [0.4, 0.5) is 0 Å². The van der Waals surface area contributed by atoms with E-state index >= 15 is 0 Å². The van der Waals surface area contributed by atoms with Crippen LogP contribution in [-0.2, 0) is 13.5 Å². The molecule has 0 bridgehead atoms. The van der Waals surface area contributed by atoms with E-state index < -0.39 is 0 Å². The molecule has 1 aromatic heterocycles. The van der Waals surface area contributed by atoms with Crippen LogP contribution in [0.15, 0.2) is 23.1 Å². The number of halogens is 1. The van der Waals surface area contributed by atoms with E-state index in [1.807, 2.05) is 12.1 Å². The van der Waals surface area contributed by atoms with Crippen LogP contribution in [0.2, 0.25) is 0 Å². The van der Waals surface area contributed by atoms with Gasteiger partial charge in [-0.1, -0.05) is 22.0 Å². The highest BCUT2D eigenvalue weighted by Crippen LogP contribution is 1.94. The van der Waals surface area contributed by atoms with Gasteiger partial charge in [-0.05, 0) is 12.5 Å². The third-order valence-electron chi connectivity index (χ3n) is 1.57. The fraction of sp³-hybridized carbons (Fsp3) is 0.375. The standard InChI is InChI=1S/C8H10BrNO/c1-10-6-2-3-7(4-5-9)8(10)11/h2-3,6H,4-5H2,1H3. The summed E-state index contributed by atoms with van der Waals surface area (Å²) in [6.45, 7) is 0. The minimum absolute atomic E-state index is 0.104. The van der Waals surface area contributed by atoms with E-state index in [9.17, 15) is 4.79 Å². The third kappa shape index (κ3) is 1.93. The number of aromatic nitrogens is 1. The molecule has 0 saturated carbocycles. The summed E-state index contributed by atoms with van der Waals surface area (Å²) >= 11 is 3.30. The zero-order valence-corrected chi connectivity index (χ0v) is 7.97. The molecule has 0 spiro atoms. The summed E-state index contributed by atoms with van der Waals surface area (Å²) in [5.41, 5.74) is 0.971. The van der Waals surface area contributed by atoms with Crippen molar-refractivity contribution in [1.82, 2.24) is 4.57 Å². The maximum absolute atomic E-state index is 11.3. The number of hydrogen-bond acceptors (Lipinski definition) is 1. The van der Waals surface area contributed by atoms with E-state index in [-0.39, 0.29) is 5.56 Å². The Morgan fingerprint density at radius 3 is 3.00 bits per heavy atom. The van der Waals surface area contributed by atoms with Gasteiger partial charge in [-0.3, -0.25) is 4.79 Å². The van der Waals surface area contributed by atoms with E-state index in [0.717, 1.165) is 17.3 Å². The van der Waals surface area contributed by atoms with Crippen LogP contribution in [0, 0.1) is 0 Å². The Labute approximate surface area is 74.0 Å². The lowest BCUT2D eigenvalue weighted by molar-refractivity contribution is 0.837. The van der Waals surface area contributed by atoms with Gasteiger partial charge in [0.25, 0.3) is 5.56 Å². The molecule has 3 heteroatoms. The monoisotopic (exact) mass is 215 g/mol. The highest BCUT2D eigenvalue weighted by atomic mass is 79.9. The summed E-state index contributed by atoms with van der Waals surface area (Å²) < 4.78 is 1.60. The van der Waals surface area contributed by atoms with Gasteiger partial charge < -0.3 is 4.57 Å². The van der Waals surface area contributed by atoms with Gasteiger partial charge in [0.15, 0.2) is 0 Å². The summed E-state index contributed by atoms with van der Waals surface area (Å²) in [6, 6.07) is 3.75. The Kier molecular flexibility index (Phi) is 2.88. The van der Waals surface area contributed by atoms with Crippen LogP contribution in [0.3, 0.4) is 0 Å². The molecule has 0 radical (unpaired) electrons. The van der Waals surface area contributed by atoms with Gasteiger partial charge in [-0.15, -0.1) is 0 Å². The Morgan fingerprint density at radius 1 is 1.64 bits per heavy atom. The van der Waals surface area contributed by atoms with Crippen molar-refractivity contribution in [2.75, 3.05) is 5.33 Å². The lowest BCUT2D eigenvalue weighted by atomic mass is 10.2. The minimum atomic E-state index is 0.104. The van der Waals surface area contributed by atoms with Gasteiger partial charge in [0.1, 0.15) is 0 Å². The fourth-order valence-corrected chi connectivity index (χ4v) is 1.37. The van der Waals surface area contributed by atoms with Crippen molar-refractivity contribution < 1.29 is 0 Å². The van der Waals surface area contributed by atoms with Crippen molar-refractivity contribution in [3.05, 3.63) is 34.2 Å². The van der Waals surface area contributed by atoms with Gasteiger partial charge >= 0.3 is 0 Å². The number of alkyl halides is 1. The predicted molar refractivity (Wildman–Crippen MR) is 49.2 cm³/mol. The predicted octanol–water partition coefficient (Wildman–Crippen LogP) is 1.32. The molecule has 0 unspecified atom stereocenters. The van der Waals surface area contributed by atoms with Gasteiger partial charge in [-0.25, -0.2) is 0 Å². The van der Waals surface area contributed by atoms with Gasteiger partial charge in [-0.2, -0.15) is 0 Å². The van der Waals surface area contributed by atoms with Crippen molar-refractivity contribution in [2.24, 2.45) is 7.05 Å². The molecule has 1 rings (SSSR count). The SMILES string of the molecule is Cn1cccc(CCBr)c1=O. The van der Waals surface area contributed by atoms with Crippen molar-refractivity contribution in [2.45, 2.75) is 6.42 Å². The van der Waals surface area contributed by atoms with E-state index in [0.29, 0.717) is 0 Å². The van der Waals surface area contributed by atoms with E-state index in [2.05, 4.69) is 15.9 Å². The first kappa shape index (κ1) is 8.53. The molecule has 0 aliphatic carbocycles. The van der Waals surface area contributed by atoms with Crippen LogP contribution in [-0.4, -0.2) is 9.90 Å². The molecule has 0 aliphatic heterocycles. The van der Waals surface area contributed by atoms with Crippen molar-refractivity contribution in [1.29, 1.82) is 0 Å². The Hall–Kier alpha value is -0.570. The van der Waals surface area contributed by atoms with Crippen LogP contribution in [0.5, 0.6) is 0 Å². The summed E-state index contributed by atoms with van der Waals surface area (Å²) in [5.74, 6) is 0. The lowest BCUT2D eigenvalue weighted by Crippen LogP contribution is -2.19. The molecule has 0 atom stereocenters. The average molecular weight is 216 g/mol. The second kappa shape index (κ2) is 3.72. The summed E-state index contributed by atoms with van der Waals surface area (Å²) in [4.78, 5) is 11.3. The molecule has 0 fully saturated rings. The fourth-order valence-electron chi connectivity index (χ4n) is 0.946. The summed E-state index contributed by atoms with van der Waals surface area (Å²) in [5, 5.41) is 0.840. The topological polar surface area (TPSA) is 22.0 Å². The first-order chi connectivity index (χ1) is 5.25. The molecule has 1 heterocycles. The minimum Gasteiger partial charge on any atom is -0.318 e. The molecule has 0 N–H and O–H groups in total. The molecule has 1 aromatic rings. The van der Waals surface area contributed by atoms with Gasteiger partial charge in [0.2, 0.25) is 0 Å². The number of rotatable bonds is 2. The smallest absolute Gasteiger partial charge is 0.253 e. The van der Waals surface area contributed by atoms with Crippen LogP contribution in [0.25, 0.3) is 0 Å². The molecular formula is C8H10BrNO. The zero-order valence-electron chi connectivity index (χ0n) is 6.38. The first-order valence-electron chi connectivity index (χ1n) is 3.46. The molecule has 0 saturated heterocycles. The Balaban J connectivity index is 3.07. The second-order valence-electron chi connectivity index (χ2n) is 2.39. The number of nitrogens with zero attached hydrogens (tertiary/aromatic N) is 1. The Morgan fingerprint density at radius 2 is 2.36 bits per heavy atom. The van der Waals surface area contributed by atoms with E-state index in [1.165, 1.54) is 0 Å². The van der Waals surface area contributed by atoms with Gasteiger partial charge in [0.05, 0.1) is 0 Å². The quantitative estimate of drug-likeness (QED) is 0.683. The molecule has 0 aromatic carbocycles. The zero-order chi connectivity index (χ0) is 8.27. The summed E-state index contributed by atoms with van der Waals surface area (Å²) in [6.07, 6.45) is 2.56. The summed E-state index contributed by atoms with van der Waals surface area (Å²) in [7, 11) is 1.76. The molecule has 0 aliphatic rings. The van der Waals surface area contributed by atoms with E-state index in [1.54, 1.807) is 17.8 Å². The van der Waals surface area contributed by atoms with Crippen LogP contribution >= 0.6 is 15.9 Å². The Bertz CT molecular complexity index is 292. The van der Waals surface area contributed by atoms with Gasteiger partial charge in [0, 0.05) is 24.1 Å². The molecule has 11 heavy (non-hydrogen) atoms. The van der Waals surface area contributed by atoms with E-state index in [4.69, 9.17) is 0 Å². The number of hydrogen-bond donors (Lipinski definition) is 0. The lowest BCUT2D eigenvalue weighted by Gasteiger charge is -1.99. The average Bonchev–Trinajstić information content (AvgIpc) is 1.99. The molecule has 60 valence electrons. The normalized spacial score (nSPS) is 10.0. The van der Waals surface area contributed by atoms with Crippen LogP contribution in [0.1, 0.15) is 5.56 Å². The molecular weight excluding hydrogens is 206 g/mol. The van der Waals surface area contributed by atoms with Crippen LogP contribution < -0.4 is 5.56 Å². The highest BCUT2D eigenvalue weighted by Gasteiger charge is 1.97. The highest BCUT2D eigenvalue weighted by molar-refractivity contribution is 9.09. The number of aryl methyl sites for hydroxylation is 2. The van der Waals surface area contributed by atoms with Crippen molar-refractivity contribution in [3.8, 4) is 0 Å².